The highest BCUT2D eigenvalue weighted by Gasteiger charge is 2.09. The van der Waals surface area contributed by atoms with E-state index >= 15 is 0 Å². The second-order valence-corrected chi connectivity index (χ2v) is 4.74. The van der Waals surface area contributed by atoms with Crippen LogP contribution in [0.2, 0.25) is 0 Å². The fraction of sp³-hybridized carbons (Fsp3) is 0.0667. The number of hydrogen-bond acceptors (Lipinski definition) is 3. The number of carbonyl (C=O) groups is 1. The minimum atomic E-state index is -0.609. The first-order valence-corrected chi connectivity index (χ1v) is 6.36. The van der Waals surface area contributed by atoms with E-state index in [-0.39, 0.29) is 11.3 Å². The van der Waals surface area contributed by atoms with Crippen molar-refractivity contribution < 1.29 is 9.18 Å². The molecule has 4 N–H and O–H groups in total. The summed E-state index contributed by atoms with van der Waals surface area (Å²) < 4.78 is 13.4. The Kier molecular flexibility index (Phi) is 3.06. The maximum atomic E-state index is 13.4. The SMILES string of the molecule is Cc1nc2ccc(NC(=O)c3ccc(N)c(F)c3)cc2[nH]1. The number of nitrogens with one attached hydrogen (secondary N) is 2. The van der Waals surface area contributed by atoms with E-state index in [1.807, 2.05) is 6.92 Å². The number of aromatic nitrogens is 2. The molecule has 1 heterocycles. The van der Waals surface area contributed by atoms with Crippen LogP contribution in [-0.2, 0) is 0 Å². The van der Waals surface area contributed by atoms with Gasteiger partial charge >= 0.3 is 0 Å². The number of nitrogens with two attached hydrogens (primary N) is 1. The van der Waals surface area contributed by atoms with Gasteiger partial charge in [-0.2, -0.15) is 0 Å². The zero-order valence-electron chi connectivity index (χ0n) is 11.3. The number of aromatic amines is 1. The second kappa shape index (κ2) is 4.90. The summed E-state index contributed by atoms with van der Waals surface area (Å²) in [6.45, 7) is 1.86. The van der Waals surface area contributed by atoms with Crippen molar-refractivity contribution in [1.29, 1.82) is 0 Å². The molecule has 0 spiro atoms. The molecule has 0 aliphatic rings. The molecule has 1 aromatic heterocycles. The Hall–Kier alpha value is -2.89. The number of amides is 1. The summed E-state index contributed by atoms with van der Waals surface area (Å²) in [7, 11) is 0. The number of halogens is 1. The first-order valence-electron chi connectivity index (χ1n) is 6.36. The number of hydrogen-bond donors (Lipinski definition) is 3. The molecule has 1 amide bonds. The van der Waals surface area contributed by atoms with Gasteiger partial charge in [0.1, 0.15) is 11.6 Å². The van der Waals surface area contributed by atoms with Gasteiger partial charge in [0.15, 0.2) is 0 Å². The molecule has 0 bridgehead atoms. The van der Waals surface area contributed by atoms with E-state index in [2.05, 4.69) is 15.3 Å². The summed E-state index contributed by atoms with van der Waals surface area (Å²) in [5.74, 6) is -0.208. The summed E-state index contributed by atoms with van der Waals surface area (Å²) in [6.07, 6.45) is 0. The Morgan fingerprint density at radius 1 is 1.29 bits per heavy atom. The van der Waals surface area contributed by atoms with Crippen LogP contribution in [0.1, 0.15) is 16.2 Å². The van der Waals surface area contributed by atoms with Crippen molar-refractivity contribution in [2.75, 3.05) is 11.1 Å². The van der Waals surface area contributed by atoms with Crippen molar-refractivity contribution >= 4 is 28.3 Å². The lowest BCUT2D eigenvalue weighted by molar-refractivity contribution is 0.102. The maximum absolute atomic E-state index is 13.4. The Morgan fingerprint density at radius 3 is 2.86 bits per heavy atom. The van der Waals surface area contributed by atoms with Crippen molar-refractivity contribution in [2.45, 2.75) is 6.92 Å². The van der Waals surface area contributed by atoms with Crippen molar-refractivity contribution in [1.82, 2.24) is 9.97 Å². The van der Waals surface area contributed by atoms with E-state index in [9.17, 15) is 9.18 Å². The molecule has 0 fully saturated rings. The number of nitrogens with zero attached hydrogens (tertiary/aromatic N) is 1. The molecule has 6 heteroatoms. The van der Waals surface area contributed by atoms with Crippen molar-refractivity contribution in [3.05, 3.63) is 53.6 Å². The molecule has 21 heavy (non-hydrogen) atoms. The van der Waals surface area contributed by atoms with Crippen molar-refractivity contribution in [3.63, 3.8) is 0 Å². The average molecular weight is 284 g/mol. The first kappa shape index (κ1) is 13.1. The van der Waals surface area contributed by atoms with Crippen LogP contribution in [0.4, 0.5) is 15.8 Å². The molecule has 0 saturated heterocycles. The van der Waals surface area contributed by atoms with Gasteiger partial charge in [-0.1, -0.05) is 0 Å². The van der Waals surface area contributed by atoms with E-state index in [0.29, 0.717) is 5.69 Å². The van der Waals surface area contributed by atoms with Crippen LogP contribution >= 0.6 is 0 Å². The van der Waals surface area contributed by atoms with E-state index in [1.54, 1.807) is 18.2 Å². The Labute approximate surface area is 120 Å². The summed E-state index contributed by atoms with van der Waals surface area (Å²) in [5, 5.41) is 2.71. The van der Waals surface area contributed by atoms with Crippen LogP contribution < -0.4 is 11.1 Å². The van der Waals surface area contributed by atoms with Gasteiger partial charge in [0.2, 0.25) is 0 Å². The van der Waals surface area contributed by atoms with Crippen LogP contribution in [-0.4, -0.2) is 15.9 Å². The molecule has 5 nitrogen and oxygen atoms in total. The predicted octanol–water partition coefficient (Wildman–Crippen LogP) is 2.84. The monoisotopic (exact) mass is 284 g/mol. The molecule has 3 rings (SSSR count). The second-order valence-electron chi connectivity index (χ2n) is 4.74. The largest absolute Gasteiger partial charge is 0.396 e. The van der Waals surface area contributed by atoms with Crippen LogP contribution in [0, 0.1) is 12.7 Å². The first-order chi connectivity index (χ1) is 10.0. The van der Waals surface area contributed by atoms with E-state index in [4.69, 9.17) is 5.73 Å². The lowest BCUT2D eigenvalue weighted by Crippen LogP contribution is -2.12. The highest BCUT2D eigenvalue weighted by atomic mass is 19.1. The van der Waals surface area contributed by atoms with Crippen LogP contribution in [0.3, 0.4) is 0 Å². The molecular weight excluding hydrogens is 271 g/mol. The molecule has 0 aliphatic carbocycles. The zero-order chi connectivity index (χ0) is 15.0. The summed E-state index contributed by atoms with van der Waals surface area (Å²) >= 11 is 0. The van der Waals surface area contributed by atoms with Gasteiger partial charge in [0, 0.05) is 11.3 Å². The Bertz CT molecular complexity index is 841. The van der Waals surface area contributed by atoms with Crippen LogP contribution in [0.15, 0.2) is 36.4 Å². The third kappa shape index (κ3) is 2.55. The molecule has 106 valence electrons. The van der Waals surface area contributed by atoms with Gasteiger partial charge in [0.05, 0.1) is 16.7 Å². The number of anilines is 2. The van der Waals surface area contributed by atoms with Crippen LogP contribution in [0.5, 0.6) is 0 Å². The highest BCUT2D eigenvalue weighted by molar-refractivity contribution is 6.05. The predicted molar refractivity (Wildman–Crippen MR) is 79.6 cm³/mol. The lowest BCUT2D eigenvalue weighted by Gasteiger charge is -2.06. The Balaban J connectivity index is 1.86. The molecular formula is C15H13FN4O. The molecule has 0 atom stereocenters. The fourth-order valence-corrected chi connectivity index (χ4v) is 2.09. The number of aryl methyl sites for hydroxylation is 1. The maximum Gasteiger partial charge on any atom is 0.255 e. The Morgan fingerprint density at radius 2 is 2.10 bits per heavy atom. The van der Waals surface area contributed by atoms with E-state index in [1.165, 1.54) is 12.1 Å². The number of rotatable bonds is 2. The van der Waals surface area contributed by atoms with Gasteiger partial charge in [-0.15, -0.1) is 0 Å². The number of carbonyl (C=O) groups excluding carboxylic acids is 1. The topological polar surface area (TPSA) is 83.8 Å². The molecule has 0 aliphatic heterocycles. The van der Waals surface area contributed by atoms with Gasteiger partial charge < -0.3 is 16.0 Å². The lowest BCUT2D eigenvalue weighted by atomic mass is 10.2. The van der Waals surface area contributed by atoms with Gasteiger partial charge in [-0.3, -0.25) is 4.79 Å². The van der Waals surface area contributed by atoms with Crippen LogP contribution in [0.25, 0.3) is 11.0 Å². The number of imidazole rings is 1. The summed E-state index contributed by atoms with van der Waals surface area (Å²) in [6, 6.07) is 9.29. The van der Waals surface area contributed by atoms with Gasteiger partial charge in [0.25, 0.3) is 5.91 Å². The van der Waals surface area contributed by atoms with Crippen molar-refractivity contribution in [3.8, 4) is 0 Å². The number of nitrogen functional groups attached to an aromatic ring is 1. The third-order valence-electron chi connectivity index (χ3n) is 3.12. The quantitative estimate of drug-likeness (QED) is 0.633. The molecule has 3 aromatic rings. The third-order valence-corrected chi connectivity index (χ3v) is 3.12. The summed E-state index contributed by atoms with van der Waals surface area (Å²) in [4.78, 5) is 19.4. The number of H-pyrrole nitrogens is 1. The highest BCUT2D eigenvalue weighted by Crippen LogP contribution is 2.18. The smallest absolute Gasteiger partial charge is 0.255 e. The average Bonchev–Trinajstić information content (AvgIpc) is 2.81. The normalized spacial score (nSPS) is 10.8. The van der Waals surface area contributed by atoms with E-state index in [0.717, 1.165) is 22.9 Å². The van der Waals surface area contributed by atoms with Gasteiger partial charge in [-0.05, 0) is 43.3 Å². The minimum Gasteiger partial charge on any atom is -0.396 e. The number of benzene rings is 2. The summed E-state index contributed by atoms with van der Waals surface area (Å²) in [5.41, 5.74) is 7.87. The molecule has 0 saturated carbocycles. The molecule has 0 unspecified atom stereocenters. The fourth-order valence-electron chi connectivity index (χ4n) is 2.09. The zero-order valence-corrected chi connectivity index (χ0v) is 11.3. The standard InChI is InChI=1S/C15H13FN4O/c1-8-18-13-5-3-10(7-14(13)19-8)20-15(21)9-2-4-12(17)11(16)6-9/h2-7H,17H2,1H3,(H,18,19)(H,20,21). The molecule has 2 aromatic carbocycles. The van der Waals surface area contributed by atoms with Crippen molar-refractivity contribution in [2.24, 2.45) is 0 Å². The molecule has 0 radical (unpaired) electrons. The number of fused-ring (bicyclic) bond motifs is 1. The minimum absolute atomic E-state index is 0.0147. The van der Waals surface area contributed by atoms with Gasteiger partial charge in [-0.25, -0.2) is 9.37 Å². The van der Waals surface area contributed by atoms with E-state index < -0.39 is 11.7 Å².